The van der Waals surface area contributed by atoms with Crippen molar-refractivity contribution >= 4 is 17.4 Å². The summed E-state index contributed by atoms with van der Waals surface area (Å²) in [7, 11) is 0. The molecule has 0 amide bonds. The SMILES string of the molecule is CC1(C)CCN(c2ccc(C(F)(F)F)cc2CN)CCS1. The summed E-state index contributed by atoms with van der Waals surface area (Å²) in [5.74, 6) is 0.970. The molecule has 1 saturated heterocycles. The van der Waals surface area contributed by atoms with E-state index in [0.717, 1.165) is 37.0 Å². The van der Waals surface area contributed by atoms with Gasteiger partial charge in [0, 0.05) is 35.8 Å². The van der Waals surface area contributed by atoms with Crippen molar-refractivity contribution in [1.29, 1.82) is 0 Å². The van der Waals surface area contributed by atoms with Gasteiger partial charge in [-0.3, -0.25) is 0 Å². The Morgan fingerprint density at radius 1 is 1.29 bits per heavy atom. The van der Waals surface area contributed by atoms with E-state index in [1.54, 1.807) is 6.07 Å². The summed E-state index contributed by atoms with van der Waals surface area (Å²) in [6.45, 7) is 6.21. The zero-order valence-electron chi connectivity index (χ0n) is 12.3. The third-order valence-electron chi connectivity index (χ3n) is 3.81. The maximum absolute atomic E-state index is 12.8. The lowest BCUT2D eigenvalue weighted by atomic mass is 10.1. The van der Waals surface area contributed by atoms with E-state index in [0.29, 0.717) is 5.56 Å². The molecule has 0 spiro atoms. The molecule has 1 heterocycles. The molecule has 1 aliphatic rings. The summed E-state index contributed by atoms with van der Waals surface area (Å²) >= 11 is 1.91. The standard InChI is InChI=1S/C15H21F3N2S/c1-14(2)5-6-20(7-8-21-14)13-4-3-12(15(16,17)18)9-11(13)10-19/h3-4,9H,5-8,10,19H2,1-2H3. The number of alkyl halides is 3. The van der Waals surface area contributed by atoms with Gasteiger partial charge in [0.15, 0.2) is 0 Å². The van der Waals surface area contributed by atoms with Gasteiger partial charge in [-0.25, -0.2) is 0 Å². The van der Waals surface area contributed by atoms with Crippen molar-refractivity contribution in [3.8, 4) is 0 Å². The van der Waals surface area contributed by atoms with Crippen molar-refractivity contribution in [1.82, 2.24) is 0 Å². The van der Waals surface area contributed by atoms with E-state index in [2.05, 4.69) is 18.7 Å². The summed E-state index contributed by atoms with van der Waals surface area (Å²) in [6, 6.07) is 3.89. The first kappa shape index (κ1) is 16.5. The lowest BCUT2D eigenvalue weighted by Crippen LogP contribution is -2.28. The van der Waals surface area contributed by atoms with Crippen LogP contribution in [0.15, 0.2) is 18.2 Å². The molecule has 1 aromatic rings. The number of hydrogen-bond acceptors (Lipinski definition) is 3. The molecule has 0 atom stereocenters. The van der Waals surface area contributed by atoms with Crippen molar-refractivity contribution < 1.29 is 13.2 Å². The van der Waals surface area contributed by atoms with E-state index in [1.165, 1.54) is 6.07 Å². The minimum atomic E-state index is -4.32. The fraction of sp³-hybridized carbons (Fsp3) is 0.600. The lowest BCUT2D eigenvalue weighted by molar-refractivity contribution is -0.137. The highest BCUT2D eigenvalue weighted by atomic mass is 32.2. The molecule has 0 aliphatic carbocycles. The summed E-state index contributed by atoms with van der Waals surface area (Å²) in [6.07, 6.45) is -3.32. The van der Waals surface area contributed by atoms with E-state index in [4.69, 9.17) is 5.73 Å². The quantitative estimate of drug-likeness (QED) is 0.897. The molecule has 2 rings (SSSR count). The number of anilines is 1. The summed E-state index contributed by atoms with van der Waals surface area (Å²) < 4.78 is 38.6. The molecule has 2 N–H and O–H groups in total. The zero-order chi connectivity index (χ0) is 15.7. The highest BCUT2D eigenvalue weighted by Gasteiger charge is 2.31. The summed E-state index contributed by atoms with van der Waals surface area (Å²) in [5, 5.41) is 0. The van der Waals surface area contributed by atoms with Crippen LogP contribution in [0.25, 0.3) is 0 Å². The molecule has 1 aliphatic heterocycles. The molecule has 6 heteroatoms. The van der Waals surface area contributed by atoms with Crippen LogP contribution >= 0.6 is 11.8 Å². The Kier molecular flexibility index (Phi) is 4.78. The minimum absolute atomic E-state index is 0.117. The van der Waals surface area contributed by atoms with Gasteiger partial charge >= 0.3 is 6.18 Å². The highest BCUT2D eigenvalue weighted by molar-refractivity contribution is 8.00. The molecule has 21 heavy (non-hydrogen) atoms. The molecule has 0 radical (unpaired) electrons. The summed E-state index contributed by atoms with van der Waals surface area (Å²) in [5.41, 5.74) is 6.44. The van der Waals surface area contributed by atoms with Crippen LogP contribution in [-0.2, 0) is 12.7 Å². The maximum atomic E-state index is 12.8. The Labute approximate surface area is 127 Å². The molecule has 2 nitrogen and oxygen atoms in total. The number of rotatable bonds is 2. The number of nitrogens with two attached hydrogens (primary N) is 1. The van der Waals surface area contributed by atoms with Gasteiger partial charge in [0.25, 0.3) is 0 Å². The second kappa shape index (κ2) is 6.08. The van der Waals surface area contributed by atoms with Gasteiger partial charge in [-0.15, -0.1) is 0 Å². The van der Waals surface area contributed by atoms with Crippen LogP contribution in [0.4, 0.5) is 18.9 Å². The number of nitrogens with zero attached hydrogens (tertiary/aromatic N) is 1. The fourth-order valence-electron chi connectivity index (χ4n) is 2.50. The van der Waals surface area contributed by atoms with Gasteiger partial charge in [-0.1, -0.05) is 13.8 Å². The Hall–Kier alpha value is -0.880. The molecule has 0 aromatic heterocycles. The van der Waals surface area contributed by atoms with Crippen LogP contribution < -0.4 is 10.6 Å². The third kappa shape index (κ3) is 4.07. The first-order chi connectivity index (χ1) is 9.73. The fourth-order valence-corrected chi connectivity index (χ4v) is 3.59. The maximum Gasteiger partial charge on any atom is 0.416 e. The normalized spacial score (nSPS) is 19.4. The Balaban J connectivity index is 2.27. The van der Waals surface area contributed by atoms with Gasteiger partial charge in [0.05, 0.1) is 5.56 Å². The van der Waals surface area contributed by atoms with Crippen molar-refractivity contribution in [3.63, 3.8) is 0 Å². The van der Waals surface area contributed by atoms with Crippen LogP contribution in [0.1, 0.15) is 31.4 Å². The minimum Gasteiger partial charge on any atom is -0.370 e. The van der Waals surface area contributed by atoms with Crippen LogP contribution in [-0.4, -0.2) is 23.6 Å². The highest BCUT2D eigenvalue weighted by Crippen LogP contribution is 2.36. The van der Waals surface area contributed by atoms with E-state index < -0.39 is 11.7 Å². The number of hydrogen-bond donors (Lipinski definition) is 1. The number of thioether (sulfide) groups is 1. The van der Waals surface area contributed by atoms with Crippen LogP contribution in [0.5, 0.6) is 0 Å². The van der Waals surface area contributed by atoms with Gasteiger partial charge in [0.1, 0.15) is 0 Å². The molecule has 0 unspecified atom stereocenters. The predicted molar refractivity (Wildman–Crippen MR) is 82.7 cm³/mol. The Morgan fingerprint density at radius 2 is 2.00 bits per heavy atom. The Morgan fingerprint density at radius 3 is 2.62 bits per heavy atom. The molecule has 1 aromatic carbocycles. The van der Waals surface area contributed by atoms with Gasteiger partial charge < -0.3 is 10.6 Å². The predicted octanol–water partition coefficient (Wildman–Crippen LogP) is 3.89. The molecule has 118 valence electrons. The zero-order valence-corrected chi connectivity index (χ0v) is 13.2. The van der Waals surface area contributed by atoms with E-state index >= 15 is 0 Å². The van der Waals surface area contributed by atoms with Gasteiger partial charge in [0.2, 0.25) is 0 Å². The van der Waals surface area contributed by atoms with Crippen LogP contribution in [0, 0.1) is 0 Å². The number of halogens is 3. The monoisotopic (exact) mass is 318 g/mol. The van der Waals surface area contributed by atoms with Gasteiger partial charge in [-0.05, 0) is 30.2 Å². The largest absolute Gasteiger partial charge is 0.416 e. The Bertz CT molecular complexity index is 500. The van der Waals surface area contributed by atoms with Gasteiger partial charge in [-0.2, -0.15) is 24.9 Å². The van der Waals surface area contributed by atoms with Crippen molar-refractivity contribution in [2.45, 2.75) is 37.7 Å². The lowest BCUT2D eigenvalue weighted by Gasteiger charge is -2.26. The van der Waals surface area contributed by atoms with Crippen molar-refractivity contribution in [2.24, 2.45) is 5.73 Å². The molecule has 0 bridgehead atoms. The van der Waals surface area contributed by atoms with E-state index in [9.17, 15) is 13.2 Å². The van der Waals surface area contributed by atoms with E-state index in [-0.39, 0.29) is 11.3 Å². The third-order valence-corrected chi connectivity index (χ3v) is 5.18. The van der Waals surface area contributed by atoms with Crippen LogP contribution in [0.2, 0.25) is 0 Å². The van der Waals surface area contributed by atoms with E-state index in [1.807, 2.05) is 11.8 Å². The molecular formula is C15H21F3N2S. The van der Waals surface area contributed by atoms with Crippen molar-refractivity contribution in [3.05, 3.63) is 29.3 Å². The topological polar surface area (TPSA) is 29.3 Å². The first-order valence-electron chi connectivity index (χ1n) is 7.02. The second-order valence-corrected chi connectivity index (χ2v) is 7.69. The average molecular weight is 318 g/mol. The van der Waals surface area contributed by atoms with Crippen molar-refractivity contribution in [2.75, 3.05) is 23.7 Å². The smallest absolute Gasteiger partial charge is 0.370 e. The second-order valence-electron chi connectivity index (χ2n) is 5.89. The number of benzene rings is 1. The van der Waals surface area contributed by atoms with Crippen LogP contribution in [0.3, 0.4) is 0 Å². The first-order valence-corrected chi connectivity index (χ1v) is 8.00. The molecular weight excluding hydrogens is 297 g/mol. The molecule has 0 saturated carbocycles. The molecule has 1 fully saturated rings. The summed E-state index contributed by atoms with van der Waals surface area (Å²) in [4.78, 5) is 2.16. The average Bonchev–Trinajstić information content (AvgIpc) is 2.58.